The fourth-order valence-corrected chi connectivity index (χ4v) is 1.78. The minimum absolute atomic E-state index is 0.153. The summed E-state index contributed by atoms with van der Waals surface area (Å²) >= 11 is 0. The number of benzene rings is 1. The molecule has 0 radical (unpaired) electrons. The van der Waals surface area contributed by atoms with E-state index >= 15 is 0 Å². The predicted octanol–water partition coefficient (Wildman–Crippen LogP) is 3.42. The first-order valence-corrected chi connectivity index (χ1v) is 6.13. The van der Waals surface area contributed by atoms with Gasteiger partial charge in [0.25, 0.3) is 0 Å². The second-order valence-corrected chi connectivity index (χ2v) is 4.10. The van der Waals surface area contributed by atoms with Gasteiger partial charge >= 0.3 is 6.01 Å². The first-order valence-electron chi connectivity index (χ1n) is 6.13. The second kappa shape index (κ2) is 5.53. The van der Waals surface area contributed by atoms with Crippen molar-refractivity contribution in [3.63, 3.8) is 0 Å². The highest BCUT2D eigenvalue weighted by Crippen LogP contribution is 2.27. The Morgan fingerprint density at radius 1 is 1.22 bits per heavy atom. The van der Waals surface area contributed by atoms with E-state index in [-0.39, 0.29) is 11.7 Å². The molecule has 2 N–H and O–H groups in total. The highest BCUT2D eigenvalue weighted by atomic mass is 16.4. The quantitative estimate of drug-likeness (QED) is 0.792. The maximum Gasteiger partial charge on any atom is 0.320 e. The van der Waals surface area contributed by atoms with Gasteiger partial charge in [-0.2, -0.15) is 0 Å². The number of para-hydroxylation sites is 2. The maximum atomic E-state index is 9.63. The van der Waals surface area contributed by atoms with Crippen LogP contribution in [0.15, 0.2) is 28.7 Å². The van der Waals surface area contributed by atoms with E-state index in [9.17, 15) is 5.11 Å². The molecular formula is C13H17N3O2. The van der Waals surface area contributed by atoms with Crippen molar-refractivity contribution < 1.29 is 9.52 Å². The van der Waals surface area contributed by atoms with Crippen LogP contribution in [0.5, 0.6) is 5.75 Å². The Morgan fingerprint density at radius 3 is 2.61 bits per heavy atom. The van der Waals surface area contributed by atoms with Crippen molar-refractivity contribution in [2.75, 3.05) is 5.32 Å². The number of nitrogens with zero attached hydrogens (tertiary/aromatic N) is 2. The van der Waals surface area contributed by atoms with Gasteiger partial charge in [0, 0.05) is 5.92 Å². The monoisotopic (exact) mass is 247 g/mol. The number of aromatic nitrogens is 2. The number of aromatic hydroxyl groups is 1. The third-order valence-electron chi connectivity index (χ3n) is 2.92. The molecule has 0 aliphatic heterocycles. The molecule has 1 heterocycles. The van der Waals surface area contributed by atoms with E-state index in [0.29, 0.717) is 17.6 Å². The molecule has 5 nitrogen and oxygen atoms in total. The maximum absolute atomic E-state index is 9.63. The van der Waals surface area contributed by atoms with Crippen molar-refractivity contribution in [1.29, 1.82) is 0 Å². The van der Waals surface area contributed by atoms with Crippen molar-refractivity contribution in [1.82, 2.24) is 10.2 Å². The van der Waals surface area contributed by atoms with Gasteiger partial charge in [0.05, 0.1) is 5.69 Å². The van der Waals surface area contributed by atoms with E-state index < -0.39 is 0 Å². The van der Waals surface area contributed by atoms with Gasteiger partial charge in [-0.25, -0.2) is 0 Å². The fourth-order valence-electron chi connectivity index (χ4n) is 1.78. The van der Waals surface area contributed by atoms with Gasteiger partial charge < -0.3 is 14.8 Å². The average Bonchev–Trinajstić information content (AvgIpc) is 2.82. The van der Waals surface area contributed by atoms with Crippen LogP contribution < -0.4 is 5.32 Å². The molecule has 0 aliphatic carbocycles. The van der Waals surface area contributed by atoms with Crippen LogP contribution >= 0.6 is 0 Å². The molecule has 0 bridgehead atoms. The molecule has 1 aromatic heterocycles. The number of anilines is 2. The van der Waals surface area contributed by atoms with Crippen LogP contribution in [0.4, 0.5) is 11.7 Å². The van der Waals surface area contributed by atoms with Gasteiger partial charge in [-0.15, -0.1) is 5.10 Å². The smallest absolute Gasteiger partial charge is 0.320 e. The lowest BCUT2D eigenvalue weighted by molar-refractivity contribution is 0.440. The van der Waals surface area contributed by atoms with Crippen molar-refractivity contribution in [2.24, 2.45) is 0 Å². The zero-order valence-electron chi connectivity index (χ0n) is 10.6. The van der Waals surface area contributed by atoms with Gasteiger partial charge in [0.1, 0.15) is 5.75 Å². The summed E-state index contributed by atoms with van der Waals surface area (Å²) in [5.41, 5.74) is 0.553. The Labute approximate surface area is 106 Å². The number of phenolic OH excluding ortho intramolecular Hbond substituents is 1. The lowest BCUT2D eigenvalue weighted by Crippen LogP contribution is -1.95. The molecule has 5 heteroatoms. The third-order valence-corrected chi connectivity index (χ3v) is 2.92. The minimum Gasteiger partial charge on any atom is -0.506 e. The molecule has 0 amide bonds. The van der Waals surface area contributed by atoms with E-state index in [1.54, 1.807) is 18.2 Å². The Morgan fingerprint density at radius 2 is 1.94 bits per heavy atom. The summed E-state index contributed by atoms with van der Waals surface area (Å²) in [5.74, 6) is 1.08. The van der Waals surface area contributed by atoms with E-state index in [2.05, 4.69) is 29.4 Å². The normalized spacial score (nSPS) is 10.8. The molecule has 0 unspecified atom stereocenters. The Kier molecular flexibility index (Phi) is 3.82. The van der Waals surface area contributed by atoms with Crippen molar-refractivity contribution in [3.8, 4) is 5.75 Å². The summed E-state index contributed by atoms with van der Waals surface area (Å²) in [7, 11) is 0. The SMILES string of the molecule is CCC(CC)c1nnc(Nc2ccccc2O)o1. The summed E-state index contributed by atoms with van der Waals surface area (Å²) in [6.07, 6.45) is 1.93. The van der Waals surface area contributed by atoms with Crippen LogP contribution in [0.3, 0.4) is 0 Å². The molecular weight excluding hydrogens is 230 g/mol. The molecule has 18 heavy (non-hydrogen) atoms. The summed E-state index contributed by atoms with van der Waals surface area (Å²) in [6, 6.07) is 7.22. The highest BCUT2D eigenvalue weighted by molar-refractivity contribution is 5.60. The van der Waals surface area contributed by atoms with E-state index in [1.807, 2.05) is 6.07 Å². The average molecular weight is 247 g/mol. The predicted molar refractivity (Wildman–Crippen MR) is 69.0 cm³/mol. The Bertz CT molecular complexity index is 506. The number of nitrogens with one attached hydrogen (secondary N) is 1. The zero-order chi connectivity index (χ0) is 13.0. The molecule has 0 spiro atoms. The third kappa shape index (κ3) is 2.61. The van der Waals surface area contributed by atoms with E-state index in [1.165, 1.54) is 0 Å². The topological polar surface area (TPSA) is 71.2 Å². The van der Waals surface area contributed by atoms with Gasteiger partial charge in [-0.3, -0.25) is 0 Å². The number of phenols is 1. The van der Waals surface area contributed by atoms with Crippen LogP contribution in [-0.4, -0.2) is 15.3 Å². The fraction of sp³-hybridized carbons (Fsp3) is 0.385. The lowest BCUT2D eigenvalue weighted by atomic mass is 10.0. The summed E-state index contributed by atoms with van der Waals surface area (Å²) in [4.78, 5) is 0. The number of rotatable bonds is 5. The summed E-state index contributed by atoms with van der Waals surface area (Å²) in [6.45, 7) is 4.18. The van der Waals surface area contributed by atoms with Gasteiger partial charge in [-0.1, -0.05) is 31.1 Å². The molecule has 1 aromatic carbocycles. The molecule has 0 atom stereocenters. The summed E-state index contributed by atoms with van der Waals surface area (Å²) < 4.78 is 5.54. The van der Waals surface area contributed by atoms with Crippen molar-refractivity contribution in [2.45, 2.75) is 32.6 Å². The van der Waals surface area contributed by atoms with E-state index in [4.69, 9.17) is 4.42 Å². The molecule has 0 aliphatic rings. The zero-order valence-corrected chi connectivity index (χ0v) is 10.6. The molecule has 2 rings (SSSR count). The van der Waals surface area contributed by atoms with Crippen LogP contribution in [0.25, 0.3) is 0 Å². The van der Waals surface area contributed by atoms with Crippen molar-refractivity contribution >= 4 is 11.7 Å². The first-order chi connectivity index (χ1) is 8.74. The van der Waals surface area contributed by atoms with Crippen LogP contribution in [-0.2, 0) is 0 Å². The Hall–Kier alpha value is -2.04. The van der Waals surface area contributed by atoms with E-state index in [0.717, 1.165) is 12.8 Å². The van der Waals surface area contributed by atoms with Gasteiger partial charge in [-0.05, 0) is 25.0 Å². The van der Waals surface area contributed by atoms with Gasteiger partial charge in [0.15, 0.2) is 0 Å². The van der Waals surface area contributed by atoms with Crippen molar-refractivity contribution in [3.05, 3.63) is 30.2 Å². The Balaban J connectivity index is 2.14. The molecule has 2 aromatic rings. The van der Waals surface area contributed by atoms with Crippen LogP contribution in [0, 0.1) is 0 Å². The van der Waals surface area contributed by atoms with Crippen LogP contribution in [0.1, 0.15) is 38.5 Å². The number of hydrogen-bond acceptors (Lipinski definition) is 5. The summed E-state index contributed by atoms with van der Waals surface area (Å²) in [5, 5.41) is 20.5. The lowest BCUT2D eigenvalue weighted by Gasteiger charge is -2.05. The first kappa shape index (κ1) is 12.4. The molecule has 0 fully saturated rings. The molecule has 0 saturated carbocycles. The highest BCUT2D eigenvalue weighted by Gasteiger charge is 2.15. The largest absolute Gasteiger partial charge is 0.506 e. The standard InChI is InChI=1S/C13H17N3O2/c1-3-9(4-2)12-15-16-13(18-12)14-10-7-5-6-8-11(10)17/h5-9,17H,3-4H2,1-2H3,(H,14,16). The second-order valence-electron chi connectivity index (χ2n) is 4.10. The van der Waals surface area contributed by atoms with Gasteiger partial charge in [0.2, 0.25) is 5.89 Å². The number of hydrogen-bond donors (Lipinski definition) is 2. The molecule has 0 saturated heterocycles. The molecule has 96 valence electrons. The minimum atomic E-state index is 0.153. The van der Waals surface area contributed by atoms with Crippen LogP contribution in [0.2, 0.25) is 0 Å².